The Labute approximate surface area is 82.3 Å². The van der Waals surface area contributed by atoms with Crippen LogP contribution in [0.1, 0.15) is 52.4 Å². The summed E-state index contributed by atoms with van der Waals surface area (Å²) in [5.74, 6) is 0.993. The molecule has 2 rings (SSSR count). The van der Waals surface area contributed by atoms with Gasteiger partial charge in [0.2, 0.25) is 0 Å². The molecule has 0 radical (unpaired) electrons. The summed E-state index contributed by atoms with van der Waals surface area (Å²) < 4.78 is 0. The molecule has 0 aromatic heterocycles. The molecule has 1 aliphatic carbocycles. The van der Waals surface area contributed by atoms with Crippen molar-refractivity contribution < 1.29 is 0 Å². The van der Waals surface area contributed by atoms with Crippen molar-refractivity contribution in [1.82, 2.24) is 5.32 Å². The average molecular weight is 181 g/mol. The SMILES string of the molecule is CCC1(C)CNC1C1CCCCC1. The summed E-state index contributed by atoms with van der Waals surface area (Å²) >= 11 is 0. The lowest BCUT2D eigenvalue weighted by molar-refractivity contribution is 0.0375. The zero-order valence-corrected chi connectivity index (χ0v) is 9.10. The van der Waals surface area contributed by atoms with Gasteiger partial charge in [0.05, 0.1) is 0 Å². The Hall–Kier alpha value is -0.0400. The molecule has 2 atom stereocenters. The maximum atomic E-state index is 3.66. The van der Waals surface area contributed by atoms with E-state index in [0.717, 1.165) is 12.0 Å². The molecule has 1 aliphatic heterocycles. The maximum Gasteiger partial charge on any atom is 0.0161 e. The third-order valence-corrected chi connectivity index (χ3v) is 4.41. The summed E-state index contributed by atoms with van der Waals surface area (Å²) in [6.45, 7) is 6.06. The zero-order chi connectivity index (χ0) is 9.31. The van der Waals surface area contributed by atoms with Crippen LogP contribution in [-0.2, 0) is 0 Å². The second-order valence-corrected chi connectivity index (χ2v) is 5.26. The van der Waals surface area contributed by atoms with Crippen molar-refractivity contribution >= 4 is 0 Å². The summed E-state index contributed by atoms with van der Waals surface area (Å²) in [5.41, 5.74) is 0.627. The molecule has 0 amide bonds. The van der Waals surface area contributed by atoms with Crippen molar-refractivity contribution in [3.63, 3.8) is 0 Å². The summed E-state index contributed by atoms with van der Waals surface area (Å²) in [7, 11) is 0. The molecule has 2 aliphatic rings. The molecule has 1 saturated heterocycles. The van der Waals surface area contributed by atoms with E-state index < -0.39 is 0 Å². The van der Waals surface area contributed by atoms with E-state index in [1.54, 1.807) is 0 Å². The van der Waals surface area contributed by atoms with Crippen LogP contribution in [0.2, 0.25) is 0 Å². The van der Waals surface area contributed by atoms with Gasteiger partial charge < -0.3 is 5.32 Å². The van der Waals surface area contributed by atoms with Crippen LogP contribution in [0.4, 0.5) is 0 Å². The fourth-order valence-corrected chi connectivity index (χ4v) is 3.12. The van der Waals surface area contributed by atoms with Gasteiger partial charge in [-0.25, -0.2) is 0 Å². The lowest BCUT2D eigenvalue weighted by Crippen LogP contribution is -2.63. The van der Waals surface area contributed by atoms with E-state index >= 15 is 0 Å². The largest absolute Gasteiger partial charge is 0.313 e. The maximum absolute atomic E-state index is 3.66. The van der Waals surface area contributed by atoms with Gasteiger partial charge in [-0.1, -0.05) is 33.1 Å². The number of hydrogen-bond acceptors (Lipinski definition) is 1. The van der Waals surface area contributed by atoms with Crippen LogP contribution in [0.25, 0.3) is 0 Å². The van der Waals surface area contributed by atoms with Crippen LogP contribution in [0.3, 0.4) is 0 Å². The van der Waals surface area contributed by atoms with Crippen LogP contribution in [-0.4, -0.2) is 12.6 Å². The molecule has 0 aromatic carbocycles. The Morgan fingerprint density at radius 3 is 2.38 bits per heavy atom. The minimum Gasteiger partial charge on any atom is -0.313 e. The molecule has 13 heavy (non-hydrogen) atoms. The van der Waals surface area contributed by atoms with Gasteiger partial charge in [-0.3, -0.25) is 0 Å². The second-order valence-electron chi connectivity index (χ2n) is 5.26. The van der Waals surface area contributed by atoms with Gasteiger partial charge in [0.25, 0.3) is 0 Å². The highest BCUT2D eigenvalue weighted by molar-refractivity contribution is 5.01. The number of hydrogen-bond donors (Lipinski definition) is 1. The highest BCUT2D eigenvalue weighted by Crippen LogP contribution is 2.41. The summed E-state index contributed by atoms with van der Waals surface area (Å²) in [4.78, 5) is 0. The number of nitrogens with one attached hydrogen (secondary N) is 1. The summed E-state index contributed by atoms with van der Waals surface area (Å²) in [6, 6.07) is 0.845. The van der Waals surface area contributed by atoms with Gasteiger partial charge in [-0.2, -0.15) is 0 Å². The first kappa shape index (κ1) is 9.51. The third-order valence-electron chi connectivity index (χ3n) is 4.41. The Bertz CT molecular complexity index is 168. The quantitative estimate of drug-likeness (QED) is 0.690. The zero-order valence-electron chi connectivity index (χ0n) is 9.10. The summed E-state index contributed by atoms with van der Waals surface area (Å²) in [5, 5.41) is 3.66. The molecular weight excluding hydrogens is 158 g/mol. The van der Waals surface area contributed by atoms with Crippen LogP contribution in [0.5, 0.6) is 0 Å². The first-order chi connectivity index (χ1) is 6.26. The van der Waals surface area contributed by atoms with E-state index in [1.165, 1.54) is 45.1 Å². The monoisotopic (exact) mass is 181 g/mol. The van der Waals surface area contributed by atoms with E-state index in [-0.39, 0.29) is 0 Å². The molecule has 0 aromatic rings. The first-order valence-corrected chi connectivity index (χ1v) is 5.99. The molecule has 0 bridgehead atoms. The van der Waals surface area contributed by atoms with Crippen molar-refractivity contribution in [2.24, 2.45) is 11.3 Å². The fourth-order valence-electron chi connectivity index (χ4n) is 3.12. The third kappa shape index (κ3) is 1.63. The van der Waals surface area contributed by atoms with Gasteiger partial charge >= 0.3 is 0 Å². The molecule has 76 valence electrons. The minimum absolute atomic E-state index is 0.627. The van der Waals surface area contributed by atoms with E-state index in [0.29, 0.717) is 5.41 Å². The second kappa shape index (κ2) is 3.61. The molecule has 2 fully saturated rings. The van der Waals surface area contributed by atoms with Crippen molar-refractivity contribution in [2.75, 3.05) is 6.54 Å². The predicted molar refractivity (Wildman–Crippen MR) is 56.8 cm³/mol. The van der Waals surface area contributed by atoms with Gasteiger partial charge in [-0.05, 0) is 30.6 Å². The lowest BCUT2D eigenvalue weighted by atomic mass is 9.65. The smallest absolute Gasteiger partial charge is 0.0161 e. The molecule has 2 unspecified atom stereocenters. The molecule has 1 heterocycles. The van der Waals surface area contributed by atoms with Gasteiger partial charge in [0.1, 0.15) is 0 Å². The van der Waals surface area contributed by atoms with Crippen molar-refractivity contribution in [1.29, 1.82) is 0 Å². The fraction of sp³-hybridized carbons (Fsp3) is 1.00. The molecule has 1 heteroatoms. The van der Waals surface area contributed by atoms with Crippen molar-refractivity contribution in [3.8, 4) is 0 Å². The van der Waals surface area contributed by atoms with Crippen LogP contribution in [0, 0.1) is 11.3 Å². The topological polar surface area (TPSA) is 12.0 Å². The van der Waals surface area contributed by atoms with Crippen molar-refractivity contribution in [2.45, 2.75) is 58.4 Å². The highest BCUT2D eigenvalue weighted by Gasteiger charge is 2.44. The number of rotatable bonds is 2. The Kier molecular flexibility index (Phi) is 2.64. The summed E-state index contributed by atoms with van der Waals surface area (Å²) in [6.07, 6.45) is 8.74. The van der Waals surface area contributed by atoms with Crippen LogP contribution >= 0.6 is 0 Å². The Balaban J connectivity index is 1.92. The Morgan fingerprint density at radius 1 is 1.23 bits per heavy atom. The van der Waals surface area contributed by atoms with E-state index in [2.05, 4.69) is 19.2 Å². The van der Waals surface area contributed by atoms with Crippen LogP contribution in [0.15, 0.2) is 0 Å². The minimum atomic E-state index is 0.627. The average Bonchev–Trinajstić information content (AvgIpc) is 2.17. The van der Waals surface area contributed by atoms with Crippen LogP contribution < -0.4 is 5.32 Å². The molecule has 1 nitrogen and oxygen atoms in total. The predicted octanol–water partition coefficient (Wildman–Crippen LogP) is 2.95. The first-order valence-electron chi connectivity index (χ1n) is 5.99. The van der Waals surface area contributed by atoms with E-state index in [1.807, 2.05) is 0 Å². The van der Waals surface area contributed by atoms with E-state index in [9.17, 15) is 0 Å². The standard InChI is InChI=1S/C12H23N/c1-3-12(2)9-13-11(12)10-7-5-4-6-8-10/h10-11,13H,3-9H2,1-2H3. The van der Waals surface area contributed by atoms with Gasteiger partial charge in [0.15, 0.2) is 0 Å². The Morgan fingerprint density at radius 2 is 1.92 bits per heavy atom. The lowest BCUT2D eigenvalue weighted by Gasteiger charge is -2.52. The van der Waals surface area contributed by atoms with Gasteiger partial charge in [-0.15, -0.1) is 0 Å². The molecular formula is C12H23N. The molecule has 1 N–H and O–H groups in total. The van der Waals surface area contributed by atoms with Gasteiger partial charge in [0, 0.05) is 12.6 Å². The molecule has 0 spiro atoms. The molecule has 1 saturated carbocycles. The van der Waals surface area contributed by atoms with E-state index in [4.69, 9.17) is 0 Å². The highest BCUT2D eigenvalue weighted by atomic mass is 15.0. The van der Waals surface area contributed by atoms with Crippen molar-refractivity contribution in [3.05, 3.63) is 0 Å². The normalized spacial score (nSPS) is 41.5.